The molecule has 0 aromatic heterocycles. The minimum absolute atomic E-state index is 0.435. The Balaban J connectivity index is 2.89. The first kappa shape index (κ1) is 9.58. The van der Waals surface area contributed by atoms with Gasteiger partial charge in [-0.15, -0.1) is 0 Å². The van der Waals surface area contributed by atoms with Crippen LogP contribution in [-0.2, 0) is 0 Å². The third-order valence-electron chi connectivity index (χ3n) is 1.73. The summed E-state index contributed by atoms with van der Waals surface area (Å²) in [6.07, 6.45) is 0. The number of aryl methyl sites for hydroxylation is 2. The Bertz CT molecular complexity index is 309. The maximum absolute atomic E-state index is 5.54. The highest BCUT2D eigenvalue weighted by Gasteiger charge is 1.95. The number of nitrogens with one attached hydrogen (secondary N) is 1. The number of benzene rings is 1. The molecule has 0 aliphatic heterocycles. The van der Waals surface area contributed by atoms with Crippen molar-refractivity contribution in [3.63, 3.8) is 0 Å². The molecule has 0 amide bonds. The molecular weight excluding hydrogens is 162 g/mol. The maximum atomic E-state index is 5.54. The number of anilines is 1. The fourth-order valence-electron chi connectivity index (χ4n) is 1.25. The van der Waals surface area contributed by atoms with Crippen LogP contribution < -0.4 is 11.1 Å². The molecule has 1 aromatic carbocycles. The van der Waals surface area contributed by atoms with E-state index in [2.05, 4.69) is 30.2 Å². The van der Waals surface area contributed by atoms with E-state index in [-0.39, 0.29) is 0 Å². The molecule has 0 unspecified atom stereocenters. The number of nitrogens with two attached hydrogens (primary N) is 1. The van der Waals surface area contributed by atoms with Crippen LogP contribution in [0.4, 0.5) is 5.69 Å². The topological polar surface area (TPSA) is 50.4 Å². The van der Waals surface area contributed by atoms with Crippen molar-refractivity contribution >= 4 is 11.6 Å². The quantitative estimate of drug-likeness (QED) is 0.506. The summed E-state index contributed by atoms with van der Waals surface area (Å²) in [7, 11) is 1.66. The fourth-order valence-corrected chi connectivity index (χ4v) is 1.25. The van der Waals surface area contributed by atoms with Gasteiger partial charge in [-0.25, -0.2) is 0 Å². The maximum Gasteiger partial charge on any atom is 0.192 e. The second kappa shape index (κ2) is 3.94. The molecule has 1 rings (SSSR count). The third kappa shape index (κ3) is 2.78. The normalized spacial score (nSPS) is 11.5. The Morgan fingerprint density at radius 3 is 2.23 bits per heavy atom. The molecule has 0 heterocycles. The average molecular weight is 177 g/mol. The van der Waals surface area contributed by atoms with Crippen molar-refractivity contribution in [1.82, 2.24) is 0 Å². The number of guanidine groups is 1. The molecule has 0 saturated carbocycles. The summed E-state index contributed by atoms with van der Waals surface area (Å²) >= 11 is 0. The van der Waals surface area contributed by atoms with Crippen LogP contribution in [0.15, 0.2) is 23.2 Å². The predicted molar refractivity (Wildman–Crippen MR) is 57.1 cm³/mol. The molecule has 0 saturated heterocycles. The number of rotatable bonds is 1. The van der Waals surface area contributed by atoms with Gasteiger partial charge in [-0.3, -0.25) is 4.99 Å². The van der Waals surface area contributed by atoms with Gasteiger partial charge in [0.05, 0.1) is 0 Å². The van der Waals surface area contributed by atoms with Gasteiger partial charge in [0.2, 0.25) is 0 Å². The van der Waals surface area contributed by atoms with E-state index in [1.807, 2.05) is 12.1 Å². The lowest BCUT2D eigenvalue weighted by molar-refractivity contribution is 1.35. The molecule has 3 nitrogen and oxygen atoms in total. The third-order valence-corrected chi connectivity index (χ3v) is 1.73. The second-order valence-corrected chi connectivity index (χ2v) is 3.11. The zero-order valence-corrected chi connectivity index (χ0v) is 8.26. The molecule has 0 aliphatic carbocycles. The van der Waals surface area contributed by atoms with Gasteiger partial charge in [0.15, 0.2) is 5.96 Å². The van der Waals surface area contributed by atoms with Gasteiger partial charge in [-0.2, -0.15) is 0 Å². The van der Waals surface area contributed by atoms with E-state index in [9.17, 15) is 0 Å². The van der Waals surface area contributed by atoms with Crippen LogP contribution in [-0.4, -0.2) is 13.0 Å². The lowest BCUT2D eigenvalue weighted by Gasteiger charge is -2.06. The first-order chi connectivity index (χ1) is 6.11. The van der Waals surface area contributed by atoms with Crippen LogP contribution in [0.5, 0.6) is 0 Å². The highest BCUT2D eigenvalue weighted by Crippen LogP contribution is 2.12. The first-order valence-corrected chi connectivity index (χ1v) is 4.19. The molecule has 0 atom stereocenters. The van der Waals surface area contributed by atoms with Crippen molar-refractivity contribution < 1.29 is 0 Å². The van der Waals surface area contributed by atoms with Crippen molar-refractivity contribution in [1.29, 1.82) is 0 Å². The fraction of sp³-hybridized carbons (Fsp3) is 0.300. The van der Waals surface area contributed by atoms with Gasteiger partial charge in [0.1, 0.15) is 0 Å². The Kier molecular flexibility index (Phi) is 2.90. The molecule has 0 spiro atoms. The monoisotopic (exact) mass is 177 g/mol. The Labute approximate surface area is 78.7 Å². The molecule has 70 valence electrons. The van der Waals surface area contributed by atoms with E-state index in [1.54, 1.807) is 7.05 Å². The van der Waals surface area contributed by atoms with Crippen molar-refractivity contribution in [3.8, 4) is 0 Å². The SMILES string of the molecule is CN=C(N)Nc1cc(C)cc(C)c1. The van der Waals surface area contributed by atoms with E-state index in [0.717, 1.165) is 5.69 Å². The van der Waals surface area contributed by atoms with Crippen LogP contribution >= 0.6 is 0 Å². The highest BCUT2D eigenvalue weighted by molar-refractivity contribution is 5.92. The van der Waals surface area contributed by atoms with E-state index in [4.69, 9.17) is 5.73 Å². The van der Waals surface area contributed by atoms with Crippen molar-refractivity contribution in [3.05, 3.63) is 29.3 Å². The summed E-state index contributed by atoms with van der Waals surface area (Å²) in [6.45, 7) is 4.11. The number of aliphatic imine (C=N–C) groups is 1. The lowest BCUT2D eigenvalue weighted by atomic mass is 10.1. The van der Waals surface area contributed by atoms with E-state index >= 15 is 0 Å². The van der Waals surface area contributed by atoms with Crippen LogP contribution in [0.25, 0.3) is 0 Å². The summed E-state index contributed by atoms with van der Waals surface area (Å²) in [5, 5.41) is 3.00. The van der Waals surface area contributed by atoms with Gasteiger partial charge < -0.3 is 11.1 Å². The van der Waals surface area contributed by atoms with E-state index in [1.165, 1.54) is 11.1 Å². The van der Waals surface area contributed by atoms with E-state index < -0.39 is 0 Å². The Hall–Kier alpha value is -1.51. The Morgan fingerprint density at radius 1 is 1.23 bits per heavy atom. The minimum atomic E-state index is 0.435. The molecule has 0 bridgehead atoms. The van der Waals surface area contributed by atoms with Crippen LogP contribution in [0.3, 0.4) is 0 Å². The van der Waals surface area contributed by atoms with Gasteiger partial charge in [-0.05, 0) is 37.1 Å². The summed E-state index contributed by atoms with van der Waals surface area (Å²) in [5.41, 5.74) is 8.96. The zero-order chi connectivity index (χ0) is 9.84. The molecule has 0 aliphatic rings. The van der Waals surface area contributed by atoms with Crippen LogP contribution in [0, 0.1) is 13.8 Å². The van der Waals surface area contributed by atoms with E-state index in [0.29, 0.717) is 5.96 Å². The smallest absolute Gasteiger partial charge is 0.192 e. The largest absolute Gasteiger partial charge is 0.370 e. The van der Waals surface area contributed by atoms with Crippen LogP contribution in [0.1, 0.15) is 11.1 Å². The van der Waals surface area contributed by atoms with Crippen molar-refractivity contribution in [2.75, 3.05) is 12.4 Å². The zero-order valence-electron chi connectivity index (χ0n) is 8.26. The highest BCUT2D eigenvalue weighted by atomic mass is 15.1. The first-order valence-electron chi connectivity index (χ1n) is 4.19. The number of nitrogens with zero attached hydrogens (tertiary/aromatic N) is 1. The number of hydrogen-bond donors (Lipinski definition) is 2. The molecule has 3 heteroatoms. The summed E-state index contributed by atoms with van der Waals surface area (Å²) < 4.78 is 0. The molecule has 1 aromatic rings. The number of hydrogen-bond acceptors (Lipinski definition) is 1. The van der Waals surface area contributed by atoms with Gasteiger partial charge in [0, 0.05) is 12.7 Å². The van der Waals surface area contributed by atoms with Crippen molar-refractivity contribution in [2.45, 2.75) is 13.8 Å². The molecule has 0 radical (unpaired) electrons. The molecule has 3 N–H and O–H groups in total. The standard InChI is InChI=1S/C10H15N3/c1-7-4-8(2)6-9(5-7)13-10(11)12-3/h4-6H,1-3H3,(H3,11,12,13). The Morgan fingerprint density at radius 2 is 1.77 bits per heavy atom. The molecule has 13 heavy (non-hydrogen) atoms. The van der Waals surface area contributed by atoms with Crippen LogP contribution in [0.2, 0.25) is 0 Å². The second-order valence-electron chi connectivity index (χ2n) is 3.11. The summed E-state index contributed by atoms with van der Waals surface area (Å²) in [4.78, 5) is 3.83. The molecule has 0 fully saturated rings. The molecular formula is C10H15N3. The lowest BCUT2D eigenvalue weighted by Crippen LogP contribution is -2.22. The van der Waals surface area contributed by atoms with Gasteiger partial charge >= 0.3 is 0 Å². The van der Waals surface area contributed by atoms with Gasteiger partial charge in [0.25, 0.3) is 0 Å². The van der Waals surface area contributed by atoms with Crippen molar-refractivity contribution in [2.24, 2.45) is 10.7 Å². The minimum Gasteiger partial charge on any atom is -0.370 e. The summed E-state index contributed by atoms with van der Waals surface area (Å²) in [6, 6.07) is 6.18. The summed E-state index contributed by atoms with van der Waals surface area (Å²) in [5.74, 6) is 0.435. The predicted octanol–water partition coefficient (Wildman–Crippen LogP) is 1.66. The average Bonchev–Trinajstić information content (AvgIpc) is 2.02. The van der Waals surface area contributed by atoms with Gasteiger partial charge in [-0.1, -0.05) is 6.07 Å².